The van der Waals surface area contributed by atoms with E-state index in [1.165, 1.54) is 42.5 Å². The standard InChI is InChI=1S/C15H10ClFO3/c16-13-7-10(8-18)1-6-15(13)20-9-14(19)11-2-4-12(17)5-3-11/h1-8H,9H2. The summed E-state index contributed by atoms with van der Waals surface area (Å²) < 4.78 is 18.0. The van der Waals surface area contributed by atoms with Gasteiger partial charge in [-0.1, -0.05) is 11.6 Å². The summed E-state index contributed by atoms with van der Waals surface area (Å²) in [5.41, 5.74) is 0.777. The van der Waals surface area contributed by atoms with Gasteiger partial charge in [-0.15, -0.1) is 0 Å². The molecule has 0 saturated heterocycles. The van der Waals surface area contributed by atoms with Crippen molar-refractivity contribution in [3.8, 4) is 5.75 Å². The maximum atomic E-state index is 12.7. The zero-order valence-electron chi connectivity index (χ0n) is 10.3. The number of carbonyl (C=O) groups is 2. The maximum absolute atomic E-state index is 12.7. The first-order valence-electron chi connectivity index (χ1n) is 5.76. The van der Waals surface area contributed by atoms with Gasteiger partial charge in [0.15, 0.2) is 12.4 Å². The first-order valence-corrected chi connectivity index (χ1v) is 6.14. The molecule has 3 nitrogen and oxygen atoms in total. The van der Waals surface area contributed by atoms with Crippen LogP contribution in [0.3, 0.4) is 0 Å². The molecule has 0 unspecified atom stereocenters. The minimum absolute atomic E-state index is 0.216. The second-order valence-electron chi connectivity index (χ2n) is 4.03. The van der Waals surface area contributed by atoms with E-state index < -0.39 is 5.82 Å². The Balaban J connectivity index is 2.03. The molecular formula is C15H10ClFO3. The Hall–Kier alpha value is -2.20. The third-order valence-electron chi connectivity index (χ3n) is 2.62. The van der Waals surface area contributed by atoms with Gasteiger partial charge in [0.1, 0.15) is 17.9 Å². The van der Waals surface area contributed by atoms with Crippen molar-refractivity contribution in [1.29, 1.82) is 0 Å². The number of aldehydes is 1. The monoisotopic (exact) mass is 292 g/mol. The number of rotatable bonds is 5. The summed E-state index contributed by atoms with van der Waals surface area (Å²) in [6, 6.07) is 9.70. The third kappa shape index (κ3) is 3.42. The first-order chi connectivity index (χ1) is 9.60. The first kappa shape index (κ1) is 14.2. The molecule has 0 fully saturated rings. The average Bonchev–Trinajstić information content (AvgIpc) is 2.46. The van der Waals surface area contributed by atoms with Crippen molar-refractivity contribution >= 4 is 23.7 Å². The Bertz CT molecular complexity index is 638. The lowest BCUT2D eigenvalue weighted by Crippen LogP contribution is -2.11. The molecular weight excluding hydrogens is 283 g/mol. The van der Waals surface area contributed by atoms with Crippen LogP contribution in [0.25, 0.3) is 0 Å². The molecule has 102 valence electrons. The lowest BCUT2D eigenvalue weighted by atomic mass is 10.1. The molecule has 2 aromatic rings. The van der Waals surface area contributed by atoms with Crippen LogP contribution in [0.15, 0.2) is 42.5 Å². The summed E-state index contributed by atoms with van der Waals surface area (Å²) in [6.07, 6.45) is 0.666. The molecule has 0 spiro atoms. The van der Waals surface area contributed by atoms with Gasteiger partial charge in [0.25, 0.3) is 0 Å². The van der Waals surface area contributed by atoms with Crippen molar-refractivity contribution in [2.45, 2.75) is 0 Å². The van der Waals surface area contributed by atoms with Gasteiger partial charge in [0, 0.05) is 11.1 Å². The molecule has 2 aromatic carbocycles. The Kier molecular flexibility index (Phi) is 4.48. The van der Waals surface area contributed by atoms with Crippen molar-refractivity contribution < 1.29 is 18.7 Å². The van der Waals surface area contributed by atoms with Crippen molar-refractivity contribution in [3.05, 3.63) is 64.4 Å². The highest BCUT2D eigenvalue weighted by molar-refractivity contribution is 6.32. The van der Waals surface area contributed by atoms with Crippen molar-refractivity contribution in [3.63, 3.8) is 0 Å². The van der Waals surface area contributed by atoms with E-state index in [9.17, 15) is 14.0 Å². The van der Waals surface area contributed by atoms with E-state index in [1.807, 2.05) is 0 Å². The summed E-state index contributed by atoms with van der Waals surface area (Å²) in [6.45, 7) is -0.216. The SMILES string of the molecule is O=Cc1ccc(OCC(=O)c2ccc(F)cc2)c(Cl)c1. The Morgan fingerprint density at radius 2 is 1.90 bits per heavy atom. The minimum atomic E-state index is -0.407. The molecule has 0 N–H and O–H groups in total. The van der Waals surface area contributed by atoms with Gasteiger partial charge in [0.05, 0.1) is 5.02 Å². The molecule has 0 atom stereocenters. The van der Waals surface area contributed by atoms with Crippen molar-refractivity contribution in [2.24, 2.45) is 0 Å². The van der Waals surface area contributed by atoms with Crippen LogP contribution >= 0.6 is 11.6 Å². The van der Waals surface area contributed by atoms with Crippen LogP contribution in [0.1, 0.15) is 20.7 Å². The summed E-state index contributed by atoms with van der Waals surface area (Å²) in [5, 5.41) is 0.251. The van der Waals surface area contributed by atoms with Crippen LogP contribution < -0.4 is 4.74 Å². The van der Waals surface area contributed by atoms with Gasteiger partial charge in [-0.05, 0) is 42.5 Å². The van der Waals surface area contributed by atoms with E-state index in [4.69, 9.17) is 16.3 Å². The highest BCUT2D eigenvalue weighted by Crippen LogP contribution is 2.25. The molecule has 0 aliphatic carbocycles. The number of benzene rings is 2. The largest absolute Gasteiger partial charge is 0.484 e. The molecule has 0 amide bonds. The van der Waals surface area contributed by atoms with Gasteiger partial charge < -0.3 is 4.74 Å². The van der Waals surface area contributed by atoms with E-state index >= 15 is 0 Å². The number of ketones is 1. The Morgan fingerprint density at radius 1 is 1.20 bits per heavy atom. The molecule has 0 aromatic heterocycles. The average molecular weight is 293 g/mol. The van der Waals surface area contributed by atoms with Crippen LogP contribution in [0.2, 0.25) is 5.02 Å². The normalized spacial score (nSPS) is 10.1. The quantitative estimate of drug-likeness (QED) is 0.625. The highest BCUT2D eigenvalue weighted by atomic mass is 35.5. The van der Waals surface area contributed by atoms with E-state index in [-0.39, 0.29) is 17.4 Å². The van der Waals surface area contributed by atoms with E-state index in [1.54, 1.807) is 0 Å². The molecule has 0 bridgehead atoms. The second kappa shape index (κ2) is 6.30. The topological polar surface area (TPSA) is 43.4 Å². The lowest BCUT2D eigenvalue weighted by Gasteiger charge is -2.07. The number of carbonyl (C=O) groups excluding carboxylic acids is 2. The van der Waals surface area contributed by atoms with Crippen molar-refractivity contribution in [2.75, 3.05) is 6.61 Å². The maximum Gasteiger partial charge on any atom is 0.200 e. The third-order valence-corrected chi connectivity index (χ3v) is 2.91. The Morgan fingerprint density at radius 3 is 2.50 bits per heavy atom. The number of hydrogen-bond acceptors (Lipinski definition) is 3. The van der Waals surface area contributed by atoms with Gasteiger partial charge in [0.2, 0.25) is 0 Å². The van der Waals surface area contributed by atoms with Gasteiger partial charge in [-0.25, -0.2) is 4.39 Å². The number of ether oxygens (including phenoxy) is 1. The van der Waals surface area contributed by atoms with Gasteiger partial charge in [-0.3, -0.25) is 9.59 Å². The van der Waals surface area contributed by atoms with E-state index in [0.717, 1.165) is 0 Å². The lowest BCUT2D eigenvalue weighted by molar-refractivity contribution is 0.0921. The van der Waals surface area contributed by atoms with Gasteiger partial charge >= 0.3 is 0 Å². The van der Waals surface area contributed by atoms with Crippen LogP contribution in [0.5, 0.6) is 5.75 Å². The van der Waals surface area contributed by atoms with Crippen LogP contribution in [0, 0.1) is 5.82 Å². The molecule has 2 rings (SSSR count). The van der Waals surface area contributed by atoms with Crippen LogP contribution in [-0.2, 0) is 0 Å². The number of halogens is 2. The summed E-state index contributed by atoms with van der Waals surface area (Å²) in [7, 11) is 0. The van der Waals surface area contributed by atoms with E-state index in [0.29, 0.717) is 23.2 Å². The molecule has 0 aliphatic rings. The zero-order chi connectivity index (χ0) is 14.5. The number of hydrogen-bond donors (Lipinski definition) is 0. The highest BCUT2D eigenvalue weighted by Gasteiger charge is 2.09. The molecule has 5 heteroatoms. The molecule has 0 saturated carbocycles. The molecule has 0 aliphatic heterocycles. The van der Waals surface area contributed by atoms with Crippen molar-refractivity contribution in [1.82, 2.24) is 0 Å². The predicted molar refractivity (Wildman–Crippen MR) is 73.1 cm³/mol. The zero-order valence-corrected chi connectivity index (χ0v) is 11.1. The van der Waals surface area contributed by atoms with Gasteiger partial charge in [-0.2, -0.15) is 0 Å². The fraction of sp³-hybridized carbons (Fsp3) is 0.0667. The van der Waals surface area contributed by atoms with E-state index in [2.05, 4.69) is 0 Å². The minimum Gasteiger partial charge on any atom is -0.484 e. The number of Topliss-reactive ketones (excluding diaryl/α,β-unsaturated/α-hetero) is 1. The molecule has 0 radical (unpaired) electrons. The summed E-state index contributed by atoms with van der Waals surface area (Å²) >= 11 is 5.91. The van der Waals surface area contributed by atoms with Crippen LogP contribution in [0.4, 0.5) is 4.39 Å². The summed E-state index contributed by atoms with van der Waals surface area (Å²) in [5.74, 6) is -0.386. The predicted octanol–water partition coefficient (Wildman–Crippen LogP) is 3.55. The second-order valence-corrected chi connectivity index (χ2v) is 4.43. The summed E-state index contributed by atoms with van der Waals surface area (Å²) in [4.78, 5) is 22.4. The Labute approximate surface area is 119 Å². The fourth-order valence-electron chi connectivity index (χ4n) is 1.57. The fourth-order valence-corrected chi connectivity index (χ4v) is 1.81. The molecule has 20 heavy (non-hydrogen) atoms. The van der Waals surface area contributed by atoms with Crippen LogP contribution in [-0.4, -0.2) is 18.7 Å². The smallest absolute Gasteiger partial charge is 0.200 e. The molecule has 0 heterocycles.